The Bertz CT molecular complexity index is 631. The summed E-state index contributed by atoms with van der Waals surface area (Å²) >= 11 is 0. The van der Waals surface area contributed by atoms with Crippen molar-refractivity contribution in [2.75, 3.05) is 0 Å². The van der Waals surface area contributed by atoms with E-state index < -0.39 is 11.6 Å². The summed E-state index contributed by atoms with van der Waals surface area (Å²) in [7, 11) is 0. The van der Waals surface area contributed by atoms with Crippen LogP contribution in [0.15, 0.2) is 42.5 Å². The highest BCUT2D eigenvalue weighted by Gasteiger charge is 2.04. The third-order valence-corrected chi connectivity index (χ3v) is 3.03. The fourth-order valence-corrected chi connectivity index (χ4v) is 1.85. The highest BCUT2D eigenvalue weighted by molar-refractivity contribution is 5.64. The van der Waals surface area contributed by atoms with Gasteiger partial charge >= 0.3 is 0 Å². The van der Waals surface area contributed by atoms with Crippen LogP contribution in [-0.4, -0.2) is 0 Å². The molecule has 0 heterocycles. The van der Waals surface area contributed by atoms with Crippen molar-refractivity contribution in [3.8, 4) is 23.0 Å². The molecule has 0 aliphatic rings. The van der Waals surface area contributed by atoms with Crippen molar-refractivity contribution in [1.82, 2.24) is 0 Å². The van der Waals surface area contributed by atoms with E-state index in [4.69, 9.17) is 0 Å². The van der Waals surface area contributed by atoms with Crippen molar-refractivity contribution < 1.29 is 8.78 Å². The Morgan fingerprint density at radius 1 is 0.900 bits per heavy atom. The summed E-state index contributed by atoms with van der Waals surface area (Å²) in [5, 5.41) is 0. The van der Waals surface area contributed by atoms with E-state index in [1.54, 1.807) is 6.07 Å². The third-order valence-electron chi connectivity index (χ3n) is 3.03. The van der Waals surface area contributed by atoms with E-state index in [9.17, 15) is 8.78 Å². The molecule has 0 amide bonds. The second-order valence-corrected chi connectivity index (χ2v) is 4.61. The minimum absolute atomic E-state index is 0.661. The first-order valence-electron chi connectivity index (χ1n) is 6.75. The zero-order chi connectivity index (χ0) is 14.4. The van der Waals surface area contributed by atoms with E-state index in [0.717, 1.165) is 36.5 Å². The van der Waals surface area contributed by atoms with Crippen LogP contribution in [0.2, 0.25) is 0 Å². The van der Waals surface area contributed by atoms with Gasteiger partial charge in [0.15, 0.2) is 11.6 Å². The highest BCUT2D eigenvalue weighted by atomic mass is 19.2. The maximum atomic E-state index is 13.2. The van der Waals surface area contributed by atoms with Crippen LogP contribution in [-0.2, 0) is 0 Å². The zero-order valence-corrected chi connectivity index (χ0v) is 11.4. The van der Waals surface area contributed by atoms with Crippen LogP contribution in [0.3, 0.4) is 0 Å². The molecule has 0 N–H and O–H groups in total. The normalized spacial score (nSPS) is 9.95. The summed E-state index contributed by atoms with van der Waals surface area (Å²) in [6.45, 7) is 2.14. The monoisotopic (exact) mass is 270 g/mol. The molecule has 0 saturated heterocycles. The summed E-state index contributed by atoms with van der Waals surface area (Å²) in [5.74, 6) is 4.56. The molecule has 102 valence electrons. The number of hydrogen-bond acceptors (Lipinski definition) is 0. The molecule has 0 atom stereocenters. The van der Waals surface area contributed by atoms with E-state index in [1.165, 1.54) is 6.07 Å². The van der Waals surface area contributed by atoms with Gasteiger partial charge in [-0.15, -0.1) is 0 Å². The topological polar surface area (TPSA) is 0 Å². The molecule has 2 rings (SSSR count). The number of rotatable bonds is 3. The van der Waals surface area contributed by atoms with Gasteiger partial charge < -0.3 is 0 Å². The van der Waals surface area contributed by atoms with Crippen LogP contribution in [0.25, 0.3) is 11.1 Å². The number of hydrogen-bond donors (Lipinski definition) is 0. The average Bonchev–Trinajstić information content (AvgIpc) is 2.47. The fourth-order valence-electron chi connectivity index (χ4n) is 1.85. The lowest BCUT2D eigenvalue weighted by Gasteiger charge is -2.02. The van der Waals surface area contributed by atoms with Crippen molar-refractivity contribution in [1.29, 1.82) is 0 Å². The number of benzene rings is 2. The SMILES string of the molecule is CCCCC#Cc1ccc(-c2ccc(F)c(F)c2)cc1. The van der Waals surface area contributed by atoms with E-state index in [1.807, 2.05) is 24.3 Å². The minimum Gasteiger partial charge on any atom is -0.204 e. The molecule has 0 radical (unpaired) electrons. The average molecular weight is 270 g/mol. The summed E-state index contributed by atoms with van der Waals surface area (Å²) < 4.78 is 26.1. The Hall–Kier alpha value is -2.14. The first kappa shape index (κ1) is 14.3. The number of halogens is 2. The second-order valence-electron chi connectivity index (χ2n) is 4.61. The Kier molecular flexibility index (Phi) is 4.90. The van der Waals surface area contributed by atoms with Crippen LogP contribution < -0.4 is 0 Å². The maximum absolute atomic E-state index is 13.2. The van der Waals surface area contributed by atoms with Crippen LogP contribution in [0.4, 0.5) is 8.78 Å². The highest BCUT2D eigenvalue weighted by Crippen LogP contribution is 2.21. The Morgan fingerprint density at radius 2 is 1.60 bits per heavy atom. The molecule has 0 bridgehead atoms. The standard InChI is InChI=1S/C18H16F2/c1-2-3-4-5-6-14-7-9-15(10-8-14)16-11-12-17(19)18(20)13-16/h7-13H,2-4H2,1H3. The lowest BCUT2D eigenvalue weighted by molar-refractivity contribution is 0.509. The molecule has 0 aromatic heterocycles. The van der Waals surface area contributed by atoms with Gasteiger partial charge in [-0.1, -0.05) is 43.4 Å². The van der Waals surface area contributed by atoms with Crippen molar-refractivity contribution in [2.45, 2.75) is 26.2 Å². The van der Waals surface area contributed by atoms with Crippen LogP contribution in [0.1, 0.15) is 31.7 Å². The molecule has 2 heteroatoms. The van der Waals surface area contributed by atoms with Crippen molar-refractivity contribution in [3.05, 3.63) is 59.7 Å². The molecule has 20 heavy (non-hydrogen) atoms. The van der Waals surface area contributed by atoms with Gasteiger partial charge in [0.1, 0.15) is 0 Å². The van der Waals surface area contributed by atoms with Gasteiger partial charge in [0.05, 0.1) is 0 Å². The fraction of sp³-hybridized carbons (Fsp3) is 0.222. The first-order valence-corrected chi connectivity index (χ1v) is 6.75. The predicted octanol–water partition coefficient (Wildman–Crippen LogP) is 5.17. The minimum atomic E-state index is -0.828. The Morgan fingerprint density at radius 3 is 2.25 bits per heavy atom. The largest absolute Gasteiger partial charge is 0.204 e. The predicted molar refractivity (Wildman–Crippen MR) is 78.2 cm³/mol. The van der Waals surface area contributed by atoms with Gasteiger partial charge in [-0.05, 0) is 41.8 Å². The third kappa shape index (κ3) is 3.68. The lowest BCUT2D eigenvalue weighted by atomic mass is 10.0. The van der Waals surface area contributed by atoms with Gasteiger partial charge in [-0.3, -0.25) is 0 Å². The van der Waals surface area contributed by atoms with Gasteiger partial charge in [0.2, 0.25) is 0 Å². The van der Waals surface area contributed by atoms with Crippen molar-refractivity contribution >= 4 is 0 Å². The molecule has 0 saturated carbocycles. The van der Waals surface area contributed by atoms with Crippen LogP contribution in [0.5, 0.6) is 0 Å². The van der Waals surface area contributed by atoms with E-state index in [-0.39, 0.29) is 0 Å². The molecule has 0 nitrogen and oxygen atoms in total. The Labute approximate surface area is 118 Å². The number of unbranched alkanes of at least 4 members (excludes halogenated alkanes) is 2. The van der Waals surface area contributed by atoms with E-state index in [0.29, 0.717) is 5.56 Å². The molecule has 2 aromatic rings. The summed E-state index contributed by atoms with van der Waals surface area (Å²) in [6.07, 6.45) is 3.16. The molecular weight excluding hydrogens is 254 g/mol. The van der Waals surface area contributed by atoms with Crippen LogP contribution >= 0.6 is 0 Å². The molecule has 0 spiro atoms. The van der Waals surface area contributed by atoms with Crippen LogP contribution in [0, 0.1) is 23.5 Å². The quantitative estimate of drug-likeness (QED) is 0.533. The van der Waals surface area contributed by atoms with Crippen molar-refractivity contribution in [3.63, 3.8) is 0 Å². The van der Waals surface area contributed by atoms with E-state index >= 15 is 0 Å². The summed E-state index contributed by atoms with van der Waals surface area (Å²) in [4.78, 5) is 0. The Balaban J connectivity index is 2.14. The van der Waals surface area contributed by atoms with E-state index in [2.05, 4.69) is 18.8 Å². The van der Waals surface area contributed by atoms with Gasteiger partial charge in [-0.25, -0.2) is 8.78 Å². The molecule has 0 fully saturated rings. The summed E-state index contributed by atoms with van der Waals surface area (Å²) in [6, 6.07) is 11.5. The second kappa shape index (κ2) is 6.86. The molecule has 2 aromatic carbocycles. The van der Waals surface area contributed by atoms with Gasteiger partial charge in [0.25, 0.3) is 0 Å². The zero-order valence-electron chi connectivity index (χ0n) is 11.4. The maximum Gasteiger partial charge on any atom is 0.159 e. The molecule has 0 aliphatic carbocycles. The molecular formula is C18H16F2. The lowest BCUT2D eigenvalue weighted by Crippen LogP contribution is -1.85. The van der Waals surface area contributed by atoms with Crippen molar-refractivity contribution in [2.24, 2.45) is 0 Å². The summed E-state index contributed by atoms with van der Waals surface area (Å²) in [5.41, 5.74) is 2.45. The van der Waals surface area contributed by atoms with Gasteiger partial charge in [0, 0.05) is 12.0 Å². The molecule has 0 aliphatic heterocycles. The van der Waals surface area contributed by atoms with Gasteiger partial charge in [-0.2, -0.15) is 0 Å². The first-order chi connectivity index (χ1) is 9.70. The smallest absolute Gasteiger partial charge is 0.159 e. The molecule has 0 unspecified atom stereocenters.